The number of carbonyl (C=O) groups is 5. The molecule has 4 aliphatic rings. The number of aliphatic hydroxyl groups is 1. The first-order valence-electron chi connectivity index (χ1n) is 15.2. The van der Waals surface area contributed by atoms with Crippen molar-refractivity contribution in [2.75, 3.05) is 26.9 Å². The molecule has 0 radical (unpaired) electrons. The molecule has 1 saturated carbocycles. The maximum atomic E-state index is 13.3. The number of ether oxygens (including phenoxy) is 7. The van der Waals surface area contributed by atoms with Gasteiger partial charge in [-0.25, -0.2) is 4.79 Å². The number of methoxy groups -OCH3 is 1. The summed E-state index contributed by atoms with van der Waals surface area (Å²) in [4.78, 5) is 63.7. The van der Waals surface area contributed by atoms with E-state index in [4.69, 9.17) is 33.2 Å². The van der Waals surface area contributed by atoms with Gasteiger partial charge in [0.2, 0.25) is 0 Å². The second-order valence-corrected chi connectivity index (χ2v) is 13.0. The number of epoxide rings is 1. The van der Waals surface area contributed by atoms with Crippen LogP contribution >= 0.6 is 0 Å². The van der Waals surface area contributed by atoms with Crippen molar-refractivity contribution in [3.8, 4) is 0 Å². The fourth-order valence-corrected chi connectivity index (χ4v) is 7.12. The molecule has 0 aromatic rings. The summed E-state index contributed by atoms with van der Waals surface area (Å²) in [6.45, 7) is 8.86. The third-order valence-corrected chi connectivity index (χ3v) is 9.34. The van der Waals surface area contributed by atoms with E-state index >= 15 is 0 Å². The third-order valence-electron chi connectivity index (χ3n) is 9.34. The van der Waals surface area contributed by atoms with Gasteiger partial charge in [0, 0.05) is 33.3 Å². The van der Waals surface area contributed by atoms with Crippen molar-refractivity contribution in [3.05, 3.63) is 23.8 Å². The van der Waals surface area contributed by atoms with Gasteiger partial charge in [-0.1, -0.05) is 26.8 Å². The lowest BCUT2D eigenvalue weighted by Gasteiger charge is -2.56. The van der Waals surface area contributed by atoms with Crippen LogP contribution in [0.5, 0.6) is 0 Å². The smallest absolute Gasteiger partial charge is 0.344 e. The molecule has 4 rings (SSSR count). The Balaban J connectivity index is 1.91. The molecule has 45 heavy (non-hydrogen) atoms. The van der Waals surface area contributed by atoms with Gasteiger partial charge in [0.05, 0.1) is 30.1 Å². The molecule has 0 amide bonds. The summed E-state index contributed by atoms with van der Waals surface area (Å²) < 4.78 is 40.1. The summed E-state index contributed by atoms with van der Waals surface area (Å²) in [5, 5.41) is 12.6. The zero-order valence-corrected chi connectivity index (χ0v) is 26.9. The van der Waals surface area contributed by atoms with E-state index in [0.29, 0.717) is 12.0 Å². The molecule has 2 heterocycles. The Morgan fingerprint density at radius 1 is 1.09 bits per heavy atom. The quantitative estimate of drug-likeness (QED) is 0.221. The Morgan fingerprint density at radius 3 is 2.33 bits per heavy atom. The van der Waals surface area contributed by atoms with Gasteiger partial charge >= 0.3 is 29.8 Å². The summed E-state index contributed by atoms with van der Waals surface area (Å²) in [7, 11) is 1.46. The maximum absolute atomic E-state index is 13.3. The molecule has 2 aliphatic carbocycles. The second kappa shape index (κ2) is 13.2. The summed E-state index contributed by atoms with van der Waals surface area (Å²) >= 11 is 0. The summed E-state index contributed by atoms with van der Waals surface area (Å²) in [5.41, 5.74) is -4.07. The molecule has 2 aliphatic heterocycles. The van der Waals surface area contributed by atoms with Crippen molar-refractivity contribution in [3.63, 3.8) is 0 Å². The topological polar surface area (TPSA) is 173 Å². The Kier molecular flexibility index (Phi) is 10.2. The Bertz CT molecular complexity index is 1250. The van der Waals surface area contributed by atoms with Gasteiger partial charge in [0.1, 0.15) is 18.3 Å². The molecule has 2 saturated heterocycles. The first kappa shape index (κ1) is 34.6. The molecule has 9 atom stereocenters. The summed E-state index contributed by atoms with van der Waals surface area (Å²) in [6, 6.07) is 0. The Morgan fingerprint density at radius 2 is 1.76 bits per heavy atom. The van der Waals surface area contributed by atoms with Gasteiger partial charge in [0.15, 0.2) is 18.3 Å². The average molecular weight is 637 g/mol. The van der Waals surface area contributed by atoms with Crippen molar-refractivity contribution in [1.29, 1.82) is 0 Å². The van der Waals surface area contributed by atoms with E-state index < -0.39 is 89.3 Å². The van der Waals surface area contributed by atoms with Crippen LogP contribution < -0.4 is 0 Å². The predicted molar refractivity (Wildman–Crippen MR) is 154 cm³/mol. The van der Waals surface area contributed by atoms with E-state index in [1.165, 1.54) is 34.0 Å². The van der Waals surface area contributed by atoms with Gasteiger partial charge in [-0.3, -0.25) is 19.2 Å². The fourth-order valence-electron chi connectivity index (χ4n) is 7.12. The fraction of sp³-hybridized carbons (Fsp3) is 0.719. The highest BCUT2D eigenvalue weighted by atomic mass is 16.6. The van der Waals surface area contributed by atoms with E-state index in [2.05, 4.69) is 0 Å². The minimum Gasteiger partial charge on any atom is -0.462 e. The molecule has 3 fully saturated rings. The molecule has 13 heteroatoms. The van der Waals surface area contributed by atoms with Crippen LogP contribution in [0, 0.1) is 23.2 Å². The lowest BCUT2D eigenvalue weighted by molar-refractivity contribution is -0.237. The number of rotatable bonds is 9. The number of fused-ring (bicyclic) bond motifs is 3. The average Bonchev–Trinajstić information content (AvgIpc) is 3.68. The van der Waals surface area contributed by atoms with Crippen molar-refractivity contribution in [2.45, 2.75) is 96.4 Å². The third kappa shape index (κ3) is 6.80. The maximum Gasteiger partial charge on any atom is 0.344 e. The molecule has 13 nitrogen and oxygen atoms in total. The molecule has 1 spiro atoms. The van der Waals surface area contributed by atoms with E-state index in [9.17, 15) is 29.1 Å². The van der Waals surface area contributed by atoms with Crippen LogP contribution in [0.4, 0.5) is 0 Å². The molecule has 1 N–H and O–H groups in total. The first-order chi connectivity index (χ1) is 21.1. The van der Waals surface area contributed by atoms with Gasteiger partial charge in [-0.15, -0.1) is 0 Å². The van der Waals surface area contributed by atoms with Gasteiger partial charge in [0.25, 0.3) is 0 Å². The van der Waals surface area contributed by atoms with Crippen molar-refractivity contribution >= 4 is 29.8 Å². The molecular weight excluding hydrogens is 592 g/mol. The summed E-state index contributed by atoms with van der Waals surface area (Å²) in [5.74, 6) is -5.62. The van der Waals surface area contributed by atoms with Crippen LogP contribution in [0.25, 0.3) is 0 Å². The van der Waals surface area contributed by atoms with Gasteiger partial charge < -0.3 is 38.3 Å². The highest BCUT2D eigenvalue weighted by Gasteiger charge is 2.74. The van der Waals surface area contributed by atoms with E-state index in [0.717, 1.165) is 0 Å². The van der Waals surface area contributed by atoms with E-state index in [-0.39, 0.29) is 32.0 Å². The van der Waals surface area contributed by atoms with E-state index in [1.54, 1.807) is 19.1 Å². The van der Waals surface area contributed by atoms with Crippen LogP contribution in [-0.2, 0) is 57.1 Å². The molecule has 250 valence electrons. The first-order valence-corrected chi connectivity index (χ1v) is 15.2. The van der Waals surface area contributed by atoms with Crippen LogP contribution in [0.2, 0.25) is 0 Å². The Hall–Kier alpha value is -3.29. The number of hydrogen-bond donors (Lipinski definition) is 1. The number of carbonyl (C=O) groups excluding carboxylic acids is 5. The molecular formula is C32H44O13. The van der Waals surface area contributed by atoms with Gasteiger partial charge in [-0.05, 0) is 43.4 Å². The van der Waals surface area contributed by atoms with Crippen molar-refractivity contribution in [1.82, 2.24) is 0 Å². The van der Waals surface area contributed by atoms with Crippen molar-refractivity contribution < 1.29 is 62.2 Å². The SMILES string of the molecule is COCC1=C/[C@@H]2OC(=O)[C@H](C)[C@@]2(O)[C@@H](OC(C)=O)[C@H]2[C@]3(CC[C@H](OC(C)=O)[C@]2(C)[C@@H](OC(=O)COC(=O)CC(C)C)/C=C\1)CO3. The van der Waals surface area contributed by atoms with Crippen molar-refractivity contribution in [2.24, 2.45) is 23.2 Å². The van der Waals surface area contributed by atoms with Crippen LogP contribution in [-0.4, -0.2) is 97.5 Å². The zero-order valence-electron chi connectivity index (χ0n) is 26.9. The second-order valence-electron chi connectivity index (χ2n) is 13.0. The van der Waals surface area contributed by atoms with Gasteiger partial charge in [-0.2, -0.15) is 0 Å². The zero-order chi connectivity index (χ0) is 33.3. The highest BCUT2D eigenvalue weighted by Crippen LogP contribution is 2.62. The van der Waals surface area contributed by atoms with E-state index in [1.807, 2.05) is 13.8 Å². The minimum absolute atomic E-state index is 0.0152. The predicted octanol–water partition coefficient (Wildman–Crippen LogP) is 1.97. The summed E-state index contributed by atoms with van der Waals surface area (Å²) in [6.07, 6.45) is 0.624. The highest BCUT2D eigenvalue weighted by molar-refractivity contribution is 5.78. The molecule has 0 aromatic carbocycles. The lowest BCUT2D eigenvalue weighted by Crippen LogP contribution is -2.69. The molecule has 0 unspecified atom stereocenters. The van der Waals surface area contributed by atoms with Crippen LogP contribution in [0.1, 0.15) is 60.8 Å². The standard InChI is InChI=1S/C32H44O13/c1-17(2)12-25(35)40-15-26(36)44-22-9-8-21(14-39-7)13-24-32(38,18(3)29(37)45-24)28(43-20(5)34)27-30(22,6)23(42-19(4)33)10-11-31(27)16-41-31/h8-9,13,17-18,22-24,27-28,38H,10-12,14-16H2,1-7H3/b9-8-,21-13+/t18-,22-,23-,24-,27+,28-,30-,31-,32-/m0/s1. The lowest BCUT2D eigenvalue weighted by atomic mass is 9.53. The van der Waals surface area contributed by atoms with Crippen LogP contribution in [0.15, 0.2) is 23.8 Å². The number of hydrogen-bond acceptors (Lipinski definition) is 13. The normalized spacial score (nSPS) is 39.0. The molecule has 0 aromatic heterocycles. The van der Waals surface area contributed by atoms with Crippen LogP contribution in [0.3, 0.4) is 0 Å². The monoisotopic (exact) mass is 636 g/mol. The molecule has 0 bridgehead atoms. The Labute approximate surface area is 262 Å². The largest absolute Gasteiger partial charge is 0.462 e. The number of esters is 5. The minimum atomic E-state index is -2.11.